The van der Waals surface area contributed by atoms with Gasteiger partial charge in [-0.1, -0.05) is 0 Å². The van der Waals surface area contributed by atoms with E-state index in [2.05, 4.69) is 9.47 Å². The van der Waals surface area contributed by atoms with Gasteiger partial charge in [0.25, 0.3) is 0 Å². The fourth-order valence-electron chi connectivity index (χ4n) is 2.82. The molecule has 15 heteroatoms. The van der Waals surface area contributed by atoms with E-state index in [-0.39, 0.29) is 0 Å². The van der Waals surface area contributed by atoms with Gasteiger partial charge < -0.3 is 20.9 Å². The molecule has 0 saturated heterocycles. The zero-order chi connectivity index (χ0) is 26.5. The minimum Gasteiger partial charge on any atom is -0.453 e. The van der Waals surface area contributed by atoms with Crippen molar-refractivity contribution in [2.45, 2.75) is 12.4 Å². The first-order valence-corrected chi connectivity index (χ1v) is 8.86. The van der Waals surface area contributed by atoms with E-state index in [4.69, 9.17) is 11.5 Å². The number of anilines is 2. The zero-order valence-corrected chi connectivity index (χ0v) is 16.5. The molecule has 0 aromatic heterocycles. The molecule has 0 spiro atoms. The van der Waals surface area contributed by atoms with Crippen LogP contribution in [0.5, 0.6) is 23.0 Å². The van der Waals surface area contributed by atoms with E-state index in [0.717, 1.165) is 0 Å². The van der Waals surface area contributed by atoms with Crippen LogP contribution < -0.4 is 20.9 Å². The predicted molar refractivity (Wildman–Crippen MR) is 98.1 cm³/mol. The second kappa shape index (κ2) is 8.70. The predicted octanol–water partition coefficient (Wildman–Crippen LogP) is 7.17. The van der Waals surface area contributed by atoms with Crippen LogP contribution in [-0.4, -0.2) is 0 Å². The Balaban J connectivity index is 2.37. The van der Waals surface area contributed by atoms with Gasteiger partial charge in [-0.3, -0.25) is 0 Å². The van der Waals surface area contributed by atoms with E-state index in [1.165, 1.54) is 0 Å². The molecule has 4 nitrogen and oxygen atoms in total. The molecule has 35 heavy (non-hydrogen) atoms. The first-order chi connectivity index (χ1) is 16.0. The zero-order valence-electron chi connectivity index (χ0n) is 16.5. The van der Waals surface area contributed by atoms with Crippen molar-refractivity contribution in [3.63, 3.8) is 0 Å². The molecule has 0 bridgehead atoms. The SMILES string of the molecule is Nc1cc(F)c(F)c(Oc2c(F)cc(C(F)(F)F)c(Oc3cc(N)cc(F)c3F)c2C(F)(F)F)c1. The molecule has 188 valence electrons. The van der Waals surface area contributed by atoms with Gasteiger partial charge in [0.15, 0.2) is 40.4 Å². The van der Waals surface area contributed by atoms with E-state index in [0.29, 0.717) is 24.3 Å². The smallest absolute Gasteiger partial charge is 0.423 e. The second-order valence-corrected chi connectivity index (χ2v) is 6.77. The van der Waals surface area contributed by atoms with Crippen LogP contribution in [0.2, 0.25) is 0 Å². The third-order valence-electron chi connectivity index (χ3n) is 4.23. The summed E-state index contributed by atoms with van der Waals surface area (Å²) in [6.45, 7) is 0. The lowest BCUT2D eigenvalue weighted by atomic mass is 10.1. The fourth-order valence-corrected chi connectivity index (χ4v) is 2.82. The van der Waals surface area contributed by atoms with Crippen LogP contribution >= 0.6 is 0 Å². The quantitative estimate of drug-likeness (QED) is 0.284. The highest BCUT2D eigenvalue weighted by Crippen LogP contribution is 2.52. The minimum absolute atomic E-state index is 0.355. The molecule has 0 aliphatic rings. The molecule has 0 fully saturated rings. The molecular formula is C20H9F11N2O2. The lowest BCUT2D eigenvalue weighted by Gasteiger charge is -2.23. The molecule has 0 aliphatic carbocycles. The number of rotatable bonds is 4. The summed E-state index contributed by atoms with van der Waals surface area (Å²) in [5.74, 6) is -17.2. The Morgan fingerprint density at radius 1 is 0.543 bits per heavy atom. The summed E-state index contributed by atoms with van der Waals surface area (Å²) in [4.78, 5) is 0. The maximum atomic E-state index is 14.5. The third-order valence-corrected chi connectivity index (χ3v) is 4.23. The molecule has 0 atom stereocenters. The Morgan fingerprint density at radius 3 is 1.37 bits per heavy atom. The van der Waals surface area contributed by atoms with Gasteiger partial charge in [-0.05, 0) is 6.07 Å². The van der Waals surface area contributed by atoms with Crippen LogP contribution in [0, 0.1) is 29.1 Å². The molecule has 0 amide bonds. The Hall–Kier alpha value is -3.91. The van der Waals surface area contributed by atoms with Crippen molar-refractivity contribution in [1.82, 2.24) is 0 Å². The van der Waals surface area contributed by atoms with Gasteiger partial charge in [0.05, 0.1) is 0 Å². The van der Waals surface area contributed by atoms with Crippen LogP contribution in [0.25, 0.3) is 0 Å². The summed E-state index contributed by atoms with van der Waals surface area (Å²) in [5.41, 5.74) is 4.14. The molecule has 3 rings (SSSR count). The van der Waals surface area contributed by atoms with Crippen molar-refractivity contribution in [2.24, 2.45) is 0 Å². The highest BCUT2D eigenvalue weighted by molar-refractivity contribution is 5.58. The van der Waals surface area contributed by atoms with Gasteiger partial charge >= 0.3 is 12.4 Å². The maximum absolute atomic E-state index is 14.5. The van der Waals surface area contributed by atoms with Crippen molar-refractivity contribution in [3.8, 4) is 23.0 Å². The summed E-state index contributed by atoms with van der Waals surface area (Å²) in [6.07, 6.45) is -11.7. The summed E-state index contributed by atoms with van der Waals surface area (Å²) in [6, 6.07) is 0.995. The van der Waals surface area contributed by atoms with Gasteiger partial charge in [-0.15, -0.1) is 0 Å². The number of halogens is 11. The van der Waals surface area contributed by atoms with E-state index in [1.54, 1.807) is 0 Å². The number of hydrogen-bond acceptors (Lipinski definition) is 4. The number of hydrogen-bond donors (Lipinski definition) is 2. The number of benzene rings is 3. The van der Waals surface area contributed by atoms with Crippen molar-refractivity contribution in [1.29, 1.82) is 0 Å². The second-order valence-electron chi connectivity index (χ2n) is 6.77. The van der Waals surface area contributed by atoms with E-state index in [1.807, 2.05) is 0 Å². The minimum atomic E-state index is -5.93. The molecule has 3 aromatic rings. The molecule has 0 heterocycles. The van der Waals surface area contributed by atoms with E-state index in [9.17, 15) is 48.3 Å². The standard InChI is InChI=1S/C20H9F11N2O2/c21-9-1-6(32)3-12(15(9)24)34-17-8(19(26,27)28)5-11(23)18(14(17)20(29,30)31)35-13-4-7(33)2-10(22)16(13)25/h1-5H,32-33H2. The van der Waals surface area contributed by atoms with E-state index < -0.39 is 93.0 Å². The first kappa shape index (κ1) is 25.7. The largest absolute Gasteiger partial charge is 0.453 e. The monoisotopic (exact) mass is 518 g/mol. The molecule has 0 radical (unpaired) electrons. The van der Waals surface area contributed by atoms with Gasteiger partial charge in [0.1, 0.15) is 11.1 Å². The van der Waals surface area contributed by atoms with Crippen LogP contribution in [0.1, 0.15) is 11.1 Å². The number of alkyl halides is 6. The van der Waals surface area contributed by atoms with E-state index >= 15 is 0 Å². The molecule has 0 aliphatic heterocycles. The van der Waals surface area contributed by atoms with Crippen LogP contribution in [0.15, 0.2) is 30.3 Å². The molecule has 4 N–H and O–H groups in total. The topological polar surface area (TPSA) is 70.5 Å². The Kier molecular flexibility index (Phi) is 6.39. The highest BCUT2D eigenvalue weighted by Gasteiger charge is 2.47. The summed E-state index contributed by atoms with van der Waals surface area (Å²) >= 11 is 0. The fraction of sp³-hybridized carbons (Fsp3) is 0.100. The van der Waals surface area contributed by atoms with Crippen molar-refractivity contribution >= 4 is 11.4 Å². The first-order valence-electron chi connectivity index (χ1n) is 8.86. The normalized spacial score (nSPS) is 12.1. The van der Waals surface area contributed by atoms with Crippen molar-refractivity contribution in [2.75, 3.05) is 11.5 Å². The molecule has 0 unspecified atom stereocenters. The number of ether oxygens (including phenoxy) is 2. The van der Waals surface area contributed by atoms with Crippen LogP contribution in [-0.2, 0) is 12.4 Å². The van der Waals surface area contributed by atoms with Crippen molar-refractivity contribution < 1.29 is 57.8 Å². The van der Waals surface area contributed by atoms with Crippen LogP contribution in [0.4, 0.5) is 59.7 Å². The lowest BCUT2D eigenvalue weighted by Crippen LogP contribution is -2.17. The van der Waals surface area contributed by atoms with Gasteiger partial charge in [0.2, 0.25) is 11.6 Å². The summed E-state index contributed by atoms with van der Waals surface area (Å²) < 4.78 is 161. The number of nitrogen functional groups attached to an aromatic ring is 2. The average Bonchev–Trinajstić information content (AvgIpc) is 2.69. The van der Waals surface area contributed by atoms with Gasteiger partial charge in [-0.2, -0.15) is 35.1 Å². The average molecular weight is 518 g/mol. The summed E-state index contributed by atoms with van der Waals surface area (Å²) in [7, 11) is 0. The third kappa shape index (κ3) is 5.12. The number of nitrogens with two attached hydrogens (primary N) is 2. The molecular weight excluding hydrogens is 509 g/mol. The lowest BCUT2D eigenvalue weighted by molar-refractivity contribution is -0.146. The Bertz CT molecular complexity index is 1300. The Morgan fingerprint density at radius 2 is 0.971 bits per heavy atom. The molecule has 3 aromatic carbocycles. The Labute approximate surface area is 187 Å². The maximum Gasteiger partial charge on any atom is 0.423 e. The van der Waals surface area contributed by atoms with Crippen LogP contribution in [0.3, 0.4) is 0 Å². The van der Waals surface area contributed by atoms with Gasteiger partial charge in [-0.25, -0.2) is 13.2 Å². The van der Waals surface area contributed by atoms with Crippen molar-refractivity contribution in [3.05, 3.63) is 70.5 Å². The molecule has 0 saturated carbocycles. The summed E-state index contributed by atoms with van der Waals surface area (Å²) in [5, 5.41) is 0. The van der Waals surface area contributed by atoms with Gasteiger partial charge in [0, 0.05) is 35.6 Å². The highest BCUT2D eigenvalue weighted by atomic mass is 19.4.